The average molecular weight is 441 g/mol. The van der Waals surface area contributed by atoms with Gasteiger partial charge in [-0.25, -0.2) is 0 Å². The number of rotatable bonds is 15. The molecule has 0 spiro atoms. The predicted molar refractivity (Wildman–Crippen MR) is 130 cm³/mol. The number of halogens is 1. The van der Waals surface area contributed by atoms with Crippen molar-refractivity contribution in [3.63, 3.8) is 0 Å². The van der Waals surface area contributed by atoms with Crippen molar-refractivity contribution in [3.05, 3.63) is 35.9 Å². The van der Waals surface area contributed by atoms with Crippen molar-refractivity contribution in [2.75, 3.05) is 12.3 Å². The number of hydrogen-bond donors (Lipinski definition) is 2. The molecular formula is C24H41ClN2OS. The average Bonchev–Trinajstić information content (AvgIpc) is 3.22. The second-order valence-electron chi connectivity index (χ2n) is 8.02. The summed E-state index contributed by atoms with van der Waals surface area (Å²) in [5, 5.41) is 6.81. The zero-order valence-corrected chi connectivity index (χ0v) is 19.8. The van der Waals surface area contributed by atoms with Gasteiger partial charge < -0.3 is 5.32 Å². The van der Waals surface area contributed by atoms with E-state index in [4.69, 9.17) is 0 Å². The summed E-state index contributed by atoms with van der Waals surface area (Å²) in [7, 11) is 0. The largest absolute Gasteiger partial charge is 0.355 e. The Hall–Kier alpha value is -0.710. The van der Waals surface area contributed by atoms with Crippen LogP contribution in [0.4, 0.5) is 0 Å². The normalized spacial score (nSPS) is 18.4. The van der Waals surface area contributed by atoms with Gasteiger partial charge in [-0.3, -0.25) is 10.1 Å². The molecule has 5 heteroatoms. The molecule has 1 heterocycles. The highest BCUT2D eigenvalue weighted by molar-refractivity contribution is 7.99. The van der Waals surface area contributed by atoms with E-state index >= 15 is 0 Å². The summed E-state index contributed by atoms with van der Waals surface area (Å²) in [6.45, 7) is 3.09. The SMILES string of the molecule is CCCCCCCCCCCCCCNC(=O)[C@@H]1CSC(c2ccccc2)N1.Cl. The number of carbonyl (C=O) groups excluding carboxylic acids is 1. The summed E-state index contributed by atoms with van der Waals surface area (Å²) in [5.41, 5.74) is 1.25. The molecule has 0 aliphatic carbocycles. The molecule has 0 saturated carbocycles. The molecule has 1 aromatic rings. The van der Waals surface area contributed by atoms with E-state index in [0.29, 0.717) is 0 Å². The number of thioether (sulfide) groups is 1. The Bertz CT molecular complexity index is 529. The van der Waals surface area contributed by atoms with Gasteiger partial charge in [0.15, 0.2) is 0 Å². The highest BCUT2D eigenvalue weighted by Gasteiger charge is 2.30. The number of amides is 1. The second kappa shape index (κ2) is 17.0. The van der Waals surface area contributed by atoms with E-state index in [0.717, 1.165) is 18.7 Å². The number of unbranched alkanes of at least 4 members (excludes halogenated alkanes) is 11. The van der Waals surface area contributed by atoms with Gasteiger partial charge >= 0.3 is 0 Å². The van der Waals surface area contributed by atoms with Gasteiger partial charge in [0.1, 0.15) is 0 Å². The van der Waals surface area contributed by atoms with Crippen molar-refractivity contribution < 1.29 is 4.79 Å². The number of nitrogens with one attached hydrogen (secondary N) is 2. The van der Waals surface area contributed by atoms with Crippen molar-refractivity contribution in [2.24, 2.45) is 0 Å². The quantitative estimate of drug-likeness (QED) is 0.301. The van der Waals surface area contributed by atoms with E-state index in [1.54, 1.807) is 0 Å². The minimum absolute atomic E-state index is 0. The monoisotopic (exact) mass is 440 g/mol. The maximum atomic E-state index is 12.3. The van der Waals surface area contributed by atoms with Crippen LogP contribution in [0.25, 0.3) is 0 Å². The zero-order chi connectivity index (χ0) is 19.9. The molecule has 1 fully saturated rings. The molecule has 1 unspecified atom stereocenters. The summed E-state index contributed by atoms with van der Waals surface area (Å²) in [6, 6.07) is 10.3. The van der Waals surface area contributed by atoms with Gasteiger partial charge in [-0.1, -0.05) is 108 Å². The summed E-state index contributed by atoms with van der Waals surface area (Å²) in [4.78, 5) is 12.3. The molecule has 0 bridgehead atoms. The van der Waals surface area contributed by atoms with E-state index in [2.05, 4.69) is 41.8 Å². The van der Waals surface area contributed by atoms with Crippen molar-refractivity contribution in [3.8, 4) is 0 Å². The van der Waals surface area contributed by atoms with Crippen LogP contribution in [0, 0.1) is 0 Å². The Morgan fingerprint density at radius 1 is 0.931 bits per heavy atom. The van der Waals surface area contributed by atoms with Crippen LogP contribution < -0.4 is 10.6 Å². The van der Waals surface area contributed by atoms with Gasteiger partial charge in [-0.15, -0.1) is 24.2 Å². The highest BCUT2D eigenvalue weighted by atomic mass is 35.5. The Morgan fingerprint density at radius 3 is 2.07 bits per heavy atom. The third-order valence-electron chi connectivity index (χ3n) is 5.53. The molecule has 2 rings (SSSR count). The summed E-state index contributed by atoms with van der Waals surface area (Å²) >= 11 is 1.82. The van der Waals surface area contributed by atoms with Gasteiger partial charge in [-0.2, -0.15) is 0 Å². The molecular weight excluding hydrogens is 400 g/mol. The lowest BCUT2D eigenvalue weighted by Crippen LogP contribution is -2.42. The third-order valence-corrected chi connectivity index (χ3v) is 6.80. The van der Waals surface area contributed by atoms with Crippen molar-refractivity contribution >= 4 is 30.1 Å². The van der Waals surface area contributed by atoms with E-state index < -0.39 is 0 Å². The minimum Gasteiger partial charge on any atom is -0.355 e. The van der Waals surface area contributed by atoms with Crippen LogP contribution in [0.2, 0.25) is 0 Å². The maximum Gasteiger partial charge on any atom is 0.238 e. The Kier molecular flexibility index (Phi) is 15.5. The topological polar surface area (TPSA) is 41.1 Å². The fourth-order valence-corrected chi connectivity index (χ4v) is 4.99. The van der Waals surface area contributed by atoms with Crippen LogP contribution in [-0.4, -0.2) is 24.2 Å². The summed E-state index contributed by atoms with van der Waals surface area (Å²) < 4.78 is 0. The fourth-order valence-electron chi connectivity index (χ4n) is 3.74. The van der Waals surface area contributed by atoms with Gasteiger partial charge in [0.25, 0.3) is 0 Å². The Balaban J connectivity index is 0.00000420. The summed E-state index contributed by atoms with van der Waals surface area (Å²) in [6.07, 6.45) is 16.2. The molecule has 1 aliphatic heterocycles. The van der Waals surface area contributed by atoms with E-state index in [1.165, 1.54) is 76.2 Å². The van der Waals surface area contributed by atoms with E-state index in [1.807, 2.05) is 17.8 Å². The predicted octanol–water partition coefficient (Wildman–Crippen LogP) is 6.63. The first kappa shape index (κ1) is 26.3. The van der Waals surface area contributed by atoms with Crippen LogP contribution in [0.15, 0.2) is 30.3 Å². The molecule has 2 N–H and O–H groups in total. The molecule has 1 aromatic carbocycles. The Morgan fingerprint density at radius 2 is 1.48 bits per heavy atom. The van der Waals surface area contributed by atoms with Gasteiger partial charge in [-0.05, 0) is 12.0 Å². The first-order valence-electron chi connectivity index (χ1n) is 11.5. The van der Waals surface area contributed by atoms with E-state index in [9.17, 15) is 4.79 Å². The molecule has 1 saturated heterocycles. The van der Waals surface area contributed by atoms with Crippen molar-refractivity contribution in [1.82, 2.24) is 10.6 Å². The van der Waals surface area contributed by atoms with Gasteiger partial charge in [0.2, 0.25) is 5.91 Å². The third kappa shape index (κ3) is 11.3. The van der Waals surface area contributed by atoms with Crippen LogP contribution in [-0.2, 0) is 4.79 Å². The molecule has 1 aliphatic rings. The molecule has 2 atom stereocenters. The minimum atomic E-state index is -0.0625. The van der Waals surface area contributed by atoms with Crippen LogP contribution in [0.3, 0.4) is 0 Å². The second-order valence-corrected chi connectivity index (χ2v) is 9.16. The number of hydrogen-bond acceptors (Lipinski definition) is 3. The molecule has 29 heavy (non-hydrogen) atoms. The van der Waals surface area contributed by atoms with Crippen LogP contribution in [0.5, 0.6) is 0 Å². The maximum absolute atomic E-state index is 12.3. The van der Waals surface area contributed by atoms with Crippen LogP contribution >= 0.6 is 24.2 Å². The van der Waals surface area contributed by atoms with Gasteiger partial charge in [0, 0.05) is 12.3 Å². The molecule has 166 valence electrons. The zero-order valence-electron chi connectivity index (χ0n) is 18.2. The molecule has 0 radical (unpaired) electrons. The lowest BCUT2D eigenvalue weighted by Gasteiger charge is -2.13. The van der Waals surface area contributed by atoms with E-state index in [-0.39, 0.29) is 29.7 Å². The molecule has 1 amide bonds. The molecule has 3 nitrogen and oxygen atoms in total. The first-order chi connectivity index (χ1) is 13.8. The van der Waals surface area contributed by atoms with Crippen molar-refractivity contribution in [1.29, 1.82) is 0 Å². The fraction of sp³-hybridized carbons (Fsp3) is 0.708. The Labute approximate surface area is 189 Å². The number of benzene rings is 1. The van der Waals surface area contributed by atoms with Crippen LogP contribution in [0.1, 0.15) is 94.9 Å². The standard InChI is InChI=1S/C24H40N2OS.ClH/c1-2-3-4-5-6-7-8-9-10-11-12-16-19-25-23(27)22-20-28-24(26-22)21-17-14-13-15-18-21;/h13-15,17-18,22,24,26H,2-12,16,19-20H2,1H3,(H,25,27);1H/t22-,24?;/m0./s1. The lowest BCUT2D eigenvalue weighted by atomic mass is 10.1. The van der Waals surface area contributed by atoms with Gasteiger partial charge in [0.05, 0.1) is 11.4 Å². The first-order valence-corrected chi connectivity index (χ1v) is 12.6. The number of carbonyl (C=O) groups is 1. The highest BCUT2D eigenvalue weighted by Crippen LogP contribution is 2.32. The molecule has 0 aromatic heterocycles. The summed E-state index contributed by atoms with van der Waals surface area (Å²) in [5.74, 6) is 1.01. The van der Waals surface area contributed by atoms with Crippen molar-refractivity contribution in [2.45, 2.75) is 95.4 Å². The smallest absolute Gasteiger partial charge is 0.238 e. The lowest BCUT2D eigenvalue weighted by molar-refractivity contribution is -0.122.